The van der Waals surface area contributed by atoms with Gasteiger partial charge in [-0.25, -0.2) is 8.42 Å². The van der Waals surface area contributed by atoms with Gasteiger partial charge in [-0.2, -0.15) is 0 Å². The molecule has 0 aromatic heterocycles. The van der Waals surface area contributed by atoms with Crippen LogP contribution in [0.5, 0.6) is 0 Å². The Balaban J connectivity index is 1.59. The van der Waals surface area contributed by atoms with Crippen LogP contribution >= 0.6 is 51.3 Å². The largest absolute Gasteiger partial charge is 0.348 e. The van der Waals surface area contributed by atoms with Crippen molar-refractivity contribution in [3.8, 4) is 0 Å². The van der Waals surface area contributed by atoms with Gasteiger partial charge in [0.15, 0.2) is 0 Å². The Kier molecular flexibility index (Phi) is 6.78. The second-order valence-electron chi connectivity index (χ2n) is 6.62. The van der Waals surface area contributed by atoms with Gasteiger partial charge in [0.2, 0.25) is 0 Å². The van der Waals surface area contributed by atoms with Crippen LogP contribution < -0.4 is 14.8 Å². The fourth-order valence-corrected chi connectivity index (χ4v) is 5.89. The summed E-state index contributed by atoms with van der Waals surface area (Å²) < 4.78 is 34.1. The molecular weight excluding hydrogens is 559 g/mol. The molecule has 0 unspecified atom stereocenters. The van der Waals surface area contributed by atoms with Crippen LogP contribution in [0.25, 0.3) is 0 Å². The van der Waals surface area contributed by atoms with Crippen molar-refractivity contribution in [2.45, 2.75) is 6.54 Å². The Labute approximate surface area is 208 Å². The molecular formula is C20H15BrCl2N4O3S2. The monoisotopic (exact) mass is 572 g/mol. The van der Waals surface area contributed by atoms with E-state index in [1.807, 2.05) is 0 Å². The van der Waals surface area contributed by atoms with Gasteiger partial charge in [-0.1, -0.05) is 45.2 Å². The standard InChI is InChI=1S/C20H15BrCl2N4O3S2/c21-12-6-7-13(20(28)24-10-14-15(22)3-1-4-16(14)23)17(9-12)26-32(29,30)19-5-2-8-27-18(19)11-25-31-27/h1-9,11,25-26H,10H2,(H,24,28). The maximum absolute atomic E-state index is 13.2. The lowest BCUT2D eigenvalue weighted by atomic mass is 10.1. The third-order valence-corrected chi connectivity index (χ3v) is 7.91. The Bertz CT molecular complexity index is 1280. The summed E-state index contributed by atoms with van der Waals surface area (Å²) in [6, 6.07) is 9.77. The van der Waals surface area contributed by atoms with Gasteiger partial charge >= 0.3 is 0 Å². The maximum atomic E-state index is 13.2. The third-order valence-electron chi connectivity index (χ3n) is 4.55. The van der Waals surface area contributed by atoms with Crippen molar-refractivity contribution in [2.24, 2.45) is 0 Å². The van der Waals surface area contributed by atoms with E-state index in [4.69, 9.17) is 23.2 Å². The van der Waals surface area contributed by atoms with E-state index in [0.29, 0.717) is 25.8 Å². The molecule has 166 valence electrons. The first-order valence-electron chi connectivity index (χ1n) is 9.10. The molecule has 0 fully saturated rings. The van der Waals surface area contributed by atoms with Crippen LogP contribution in [-0.4, -0.2) is 18.6 Å². The molecule has 0 aliphatic carbocycles. The third kappa shape index (κ3) is 4.79. The Morgan fingerprint density at radius 3 is 2.69 bits per heavy atom. The van der Waals surface area contributed by atoms with Gasteiger partial charge in [-0.05, 0) is 42.5 Å². The number of carbonyl (C=O) groups excluding carboxylic acids is 1. The van der Waals surface area contributed by atoms with Crippen molar-refractivity contribution in [3.05, 3.63) is 97.2 Å². The van der Waals surface area contributed by atoms with E-state index in [1.54, 1.807) is 47.0 Å². The van der Waals surface area contributed by atoms with Gasteiger partial charge in [0.25, 0.3) is 15.9 Å². The SMILES string of the molecule is O=C(NCc1c(Cl)cccc1Cl)c1ccc(Br)cc1NS(=O)(=O)C1=CC=CN2SNC=C12. The zero-order chi connectivity index (χ0) is 22.9. The lowest BCUT2D eigenvalue weighted by Gasteiger charge is -2.21. The summed E-state index contributed by atoms with van der Waals surface area (Å²) in [6.45, 7) is 0.0836. The number of amides is 1. The number of fused-ring (bicyclic) bond motifs is 1. The minimum Gasteiger partial charge on any atom is -0.348 e. The highest BCUT2D eigenvalue weighted by molar-refractivity contribution is 9.10. The summed E-state index contributed by atoms with van der Waals surface area (Å²) in [5.41, 5.74) is 1.33. The summed E-state index contributed by atoms with van der Waals surface area (Å²) in [7, 11) is -3.99. The van der Waals surface area contributed by atoms with Crippen molar-refractivity contribution in [3.63, 3.8) is 0 Å². The highest BCUT2D eigenvalue weighted by atomic mass is 79.9. The number of sulfonamides is 1. The number of halogens is 3. The van der Waals surface area contributed by atoms with Crippen molar-refractivity contribution in [2.75, 3.05) is 4.72 Å². The molecule has 2 aromatic rings. The number of allylic oxidation sites excluding steroid dienone is 2. The van der Waals surface area contributed by atoms with Gasteiger partial charge < -0.3 is 10.0 Å². The molecule has 12 heteroatoms. The van der Waals surface area contributed by atoms with E-state index in [1.165, 1.54) is 30.3 Å². The lowest BCUT2D eigenvalue weighted by molar-refractivity contribution is 0.0952. The van der Waals surface area contributed by atoms with Crippen LogP contribution in [0.3, 0.4) is 0 Å². The van der Waals surface area contributed by atoms with Crippen LogP contribution in [0.1, 0.15) is 15.9 Å². The minimum absolute atomic E-state index is 0.0756. The zero-order valence-electron chi connectivity index (χ0n) is 16.1. The van der Waals surface area contributed by atoms with Crippen molar-refractivity contribution >= 4 is 72.9 Å². The summed E-state index contributed by atoms with van der Waals surface area (Å²) in [4.78, 5) is 13.0. The lowest BCUT2D eigenvalue weighted by Crippen LogP contribution is -2.26. The number of hydrogen-bond donors (Lipinski definition) is 3. The number of nitrogens with one attached hydrogen (secondary N) is 3. The first-order valence-corrected chi connectivity index (χ1v) is 12.9. The second-order valence-corrected chi connectivity index (χ2v) is 10.8. The van der Waals surface area contributed by atoms with E-state index in [9.17, 15) is 13.2 Å². The molecule has 0 saturated carbocycles. The smallest absolute Gasteiger partial charge is 0.264 e. The molecule has 0 radical (unpaired) electrons. The summed E-state index contributed by atoms with van der Waals surface area (Å²) in [5, 5.41) is 3.59. The van der Waals surface area contributed by atoms with E-state index in [0.717, 1.165) is 0 Å². The molecule has 0 saturated heterocycles. The summed E-state index contributed by atoms with van der Waals surface area (Å²) >= 11 is 16.9. The number of hydrogen-bond acceptors (Lipinski definition) is 6. The highest BCUT2D eigenvalue weighted by Crippen LogP contribution is 2.34. The molecule has 32 heavy (non-hydrogen) atoms. The fraction of sp³-hybridized carbons (Fsp3) is 0.0500. The number of carbonyl (C=O) groups is 1. The highest BCUT2D eigenvalue weighted by Gasteiger charge is 2.30. The van der Waals surface area contributed by atoms with E-state index < -0.39 is 15.9 Å². The van der Waals surface area contributed by atoms with Gasteiger partial charge in [0, 0.05) is 39.0 Å². The predicted octanol–water partition coefficient (Wildman–Crippen LogP) is 5.15. The molecule has 0 bridgehead atoms. The van der Waals surface area contributed by atoms with Crippen molar-refractivity contribution < 1.29 is 13.2 Å². The Morgan fingerprint density at radius 2 is 1.94 bits per heavy atom. The van der Waals surface area contributed by atoms with E-state index in [2.05, 4.69) is 30.7 Å². The molecule has 2 heterocycles. The molecule has 2 aliphatic heterocycles. The second kappa shape index (κ2) is 9.40. The predicted molar refractivity (Wildman–Crippen MR) is 132 cm³/mol. The molecule has 2 aliphatic rings. The maximum Gasteiger partial charge on any atom is 0.264 e. The van der Waals surface area contributed by atoms with Crippen LogP contribution in [0.4, 0.5) is 5.69 Å². The minimum atomic E-state index is -3.99. The van der Waals surface area contributed by atoms with Crippen molar-refractivity contribution in [1.82, 2.24) is 14.3 Å². The van der Waals surface area contributed by atoms with E-state index in [-0.39, 0.29) is 22.7 Å². The number of rotatable bonds is 6. The van der Waals surface area contributed by atoms with Gasteiger partial charge in [-0.15, -0.1) is 0 Å². The molecule has 2 aromatic carbocycles. The van der Waals surface area contributed by atoms with Crippen LogP contribution in [-0.2, 0) is 16.6 Å². The molecule has 0 spiro atoms. The molecule has 1 amide bonds. The average molecular weight is 574 g/mol. The molecule has 7 nitrogen and oxygen atoms in total. The Morgan fingerprint density at radius 1 is 1.19 bits per heavy atom. The fourth-order valence-electron chi connectivity index (χ4n) is 3.03. The van der Waals surface area contributed by atoms with Crippen LogP contribution in [0.2, 0.25) is 10.0 Å². The zero-order valence-corrected chi connectivity index (χ0v) is 20.8. The summed E-state index contributed by atoms with van der Waals surface area (Å²) in [6.07, 6.45) is 6.47. The number of benzene rings is 2. The van der Waals surface area contributed by atoms with E-state index >= 15 is 0 Å². The molecule has 4 rings (SSSR count). The van der Waals surface area contributed by atoms with Gasteiger partial charge in [0.05, 0.1) is 29.1 Å². The van der Waals surface area contributed by atoms with Gasteiger partial charge in [-0.3, -0.25) is 13.8 Å². The Hall–Kier alpha value is -2.11. The van der Waals surface area contributed by atoms with Crippen LogP contribution in [0, 0.1) is 0 Å². The molecule has 0 atom stereocenters. The van der Waals surface area contributed by atoms with Crippen LogP contribution in [0.15, 0.2) is 76.0 Å². The number of nitrogens with zero attached hydrogens (tertiary/aromatic N) is 1. The average Bonchev–Trinajstić information content (AvgIpc) is 3.22. The normalized spacial score (nSPS) is 14.9. The topological polar surface area (TPSA) is 90.5 Å². The van der Waals surface area contributed by atoms with Crippen molar-refractivity contribution in [1.29, 1.82) is 0 Å². The van der Waals surface area contributed by atoms with Gasteiger partial charge in [0.1, 0.15) is 4.91 Å². The molecule has 3 N–H and O–H groups in total. The number of anilines is 1. The quantitative estimate of drug-likeness (QED) is 0.414. The first-order chi connectivity index (χ1) is 15.3. The summed E-state index contributed by atoms with van der Waals surface area (Å²) in [5.74, 6) is -0.484. The first kappa shape index (κ1) is 23.1.